The van der Waals surface area contributed by atoms with Crippen LogP contribution in [0, 0.1) is 6.92 Å². The van der Waals surface area contributed by atoms with E-state index < -0.39 is 5.60 Å². The van der Waals surface area contributed by atoms with E-state index in [4.69, 9.17) is 0 Å². The minimum Gasteiger partial charge on any atom is -0.380 e. The summed E-state index contributed by atoms with van der Waals surface area (Å²) in [6.07, 6.45) is 1.79. The summed E-state index contributed by atoms with van der Waals surface area (Å²) >= 11 is 1.66. The summed E-state index contributed by atoms with van der Waals surface area (Å²) in [4.78, 5) is 1.11. The molecule has 1 unspecified atom stereocenters. The first-order valence-corrected chi connectivity index (χ1v) is 6.45. The zero-order chi connectivity index (χ0) is 11.2. The van der Waals surface area contributed by atoms with Gasteiger partial charge in [0.1, 0.15) is 5.60 Å². The molecule has 0 radical (unpaired) electrons. The van der Waals surface area contributed by atoms with Crippen LogP contribution in [-0.4, -0.2) is 5.11 Å². The topological polar surface area (TPSA) is 20.2 Å². The SMILES string of the molecule is Cc1ccsc1C1(O)CCc2ccccc21. The molecule has 1 aliphatic carbocycles. The van der Waals surface area contributed by atoms with Crippen molar-refractivity contribution < 1.29 is 5.11 Å². The van der Waals surface area contributed by atoms with Crippen molar-refractivity contribution >= 4 is 11.3 Å². The molecule has 0 aliphatic heterocycles. The first-order chi connectivity index (χ1) is 7.72. The molecule has 0 fully saturated rings. The quantitative estimate of drug-likeness (QED) is 0.797. The Kier molecular flexibility index (Phi) is 2.16. The molecule has 1 nitrogen and oxygen atoms in total. The summed E-state index contributed by atoms with van der Waals surface area (Å²) < 4.78 is 0. The van der Waals surface area contributed by atoms with E-state index in [-0.39, 0.29) is 0 Å². The number of hydrogen-bond acceptors (Lipinski definition) is 2. The molecule has 0 amide bonds. The lowest BCUT2D eigenvalue weighted by atomic mass is 9.92. The lowest BCUT2D eigenvalue weighted by Gasteiger charge is -2.23. The standard InChI is InChI=1S/C14H14OS/c1-10-7-9-16-13(10)14(15)8-6-11-4-2-3-5-12(11)14/h2-5,7,9,15H,6,8H2,1H3. The van der Waals surface area contributed by atoms with Gasteiger partial charge in [-0.2, -0.15) is 0 Å². The molecule has 2 heteroatoms. The van der Waals surface area contributed by atoms with Gasteiger partial charge < -0.3 is 5.11 Å². The molecule has 1 atom stereocenters. The second-order valence-electron chi connectivity index (χ2n) is 4.45. The molecule has 0 saturated carbocycles. The van der Waals surface area contributed by atoms with Crippen molar-refractivity contribution in [2.75, 3.05) is 0 Å². The van der Waals surface area contributed by atoms with Crippen molar-refractivity contribution in [2.45, 2.75) is 25.4 Å². The van der Waals surface area contributed by atoms with Crippen LogP contribution >= 0.6 is 11.3 Å². The predicted octanol–water partition coefficient (Wildman–Crippen LogP) is 3.24. The molecule has 1 aromatic carbocycles. The summed E-state index contributed by atoms with van der Waals surface area (Å²) in [5.74, 6) is 0. The molecule has 3 rings (SSSR count). The second-order valence-corrected chi connectivity index (χ2v) is 5.37. The molecule has 1 heterocycles. The largest absolute Gasteiger partial charge is 0.380 e. The fourth-order valence-corrected chi connectivity index (χ4v) is 3.69. The summed E-state index contributed by atoms with van der Waals surface area (Å²) in [5, 5.41) is 13.0. The highest BCUT2D eigenvalue weighted by Crippen LogP contribution is 2.44. The molecule has 2 aromatic rings. The maximum absolute atomic E-state index is 10.9. The number of benzene rings is 1. The number of thiophene rings is 1. The average molecular weight is 230 g/mol. The fourth-order valence-electron chi connectivity index (χ4n) is 2.62. The van der Waals surface area contributed by atoms with E-state index in [1.54, 1.807) is 11.3 Å². The molecule has 82 valence electrons. The molecule has 0 bridgehead atoms. The van der Waals surface area contributed by atoms with E-state index >= 15 is 0 Å². The summed E-state index contributed by atoms with van der Waals surface area (Å²) in [6.45, 7) is 2.07. The number of hydrogen-bond donors (Lipinski definition) is 1. The molecular formula is C14H14OS. The first kappa shape index (κ1) is 10.1. The van der Waals surface area contributed by atoms with Crippen molar-refractivity contribution in [2.24, 2.45) is 0 Å². The minimum absolute atomic E-state index is 0.741. The molecule has 1 N–H and O–H groups in total. The molecule has 0 saturated heterocycles. The molecule has 16 heavy (non-hydrogen) atoms. The van der Waals surface area contributed by atoms with Gasteiger partial charge in [0.2, 0.25) is 0 Å². The monoisotopic (exact) mass is 230 g/mol. The molecule has 1 aromatic heterocycles. The number of aliphatic hydroxyl groups is 1. The highest BCUT2D eigenvalue weighted by Gasteiger charge is 2.39. The Morgan fingerprint density at radius 1 is 1.25 bits per heavy atom. The van der Waals surface area contributed by atoms with Crippen LogP contribution < -0.4 is 0 Å². The van der Waals surface area contributed by atoms with Gasteiger partial charge in [-0.05, 0) is 47.9 Å². The van der Waals surface area contributed by atoms with Gasteiger partial charge in [-0.15, -0.1) is 11.3 Å². The van der Waals surface area contributed by atoms with Crippen LogP contribution in [0.2, 0.25) is 0 Å². The Morgan fingerprint density at radius 3 is 2.81 bits per heavy atom. The van der Waals surface area contributed by atoms with Crippen LogP contribution in [0.15, 0.2) is 35.7 Å². The van der Waals surface area contributed by atoms with Gasteiger partial charge >= 0.3 is 0 Å². The van der Waals surface area contributed by atoms with Gasteiger partial charge in [0.15, 0.2) is 0 Å². The van der Waals surface area contributed by atoms with Gasteiger partial charge in [0, 0.05) is 4.88 Å². The van der Waals surface area contributed by atoms with Crippen LogP contribution in [-0.2, 0) is 12.0 Å². The molecule has 0 spiro atoms. The van der Waals surface area contributed by atoms with Crippen LogP contribution in [0.3, 0.4) is 0 Å². The maximum Gasteiger partial charge on any atom is 0.125 e. The number of fused-ring (bicyclic) bond motifs is 1. The van der Waals surface area contributed by atoms with E-state index in [0.29, 0.717) is 0 Å². The summed E-state index contributed by atoms with van der Waals surface area (Å²) in [5.41, 5.74) is 2.84. The van der Waals surface area contributed by atoms with Gasteiger partial charge in [0.25, 0.3) is 0 Å². The van der Waals surface area contributed by atoms with Crippen LogP contribution in [0.5, 0.6) is 0 Å². The number of rotatable bonds is 1. The zero-order valence-corrected chi connectivity index (χ0v) is 10.1. The van der Waals surface area contributed by atoms with Crippen LogP contribution in [0.1, 0.15) is 28.0 Å². The normalized spacial score (nSPS) is 23.4. The Hall–Kier alpha value is -1.12. The smallest absolute Gasteiger partial charge is 0.125 e. The molecule has 1 aliphatic rings. The third-order valence-corrected chi connectivity index (χ3v) is 4.62. The van der Waals surface area contributed by atoms with Crippen LogP contribution in [0.25, 0.3) is 0 Å². The fraction of sp³-hybridized carbons (Fsp3) is 0.286. The van der Waals surface area contributed by atoms with Crippen molar-refractivity contribution in [1.82, 2.24) is 0 Å². The average Bonchev–Trinajstić information content (AvgIpc) is 2.86. The highest BCUT2D eigenvalue weighted by atomic mass is 32.1. The van der Waals surface area contributed by atoms with Crippen molar-refractivity contribution in [3.05, 3.63) is 57.3 Å². The Labute approximate surface area is 99.4 Å². The maximum atomic E-state index is 10.9. The minimum atomic E-state index is -0.741. The van der Waals surface area contributed by atoms with Crippen molar-refractivity contribution in [3.8, 4) is 0 Å². The number of aryl methyl sites for hydroxylation is 2. The van der Waals surface area contributed by atoms with E-state index in [9.17, 15) is 5.11 Å². The third-order valence-electron chi connectivity index (χ3n) is 3.46. The van der Waals surface area contributed by atoms with Gasteiger partial charge in [-0.3, -0.25) is 0 Å². The predicted molar refractivity (Wildman–Crippen MR) is 66.8 cm³/mol. The second kappa shape index (κ2) is 3.44. The van der Waals surface area contributed by atoms with E-state index in [1.807, 2.05) is 12.1 Å². The zero-order valence-electron chi connectivity index (χ0n) is 9.23. The van der Waals surface area contributed by atoms with Crippen LogP contribution in [0.4, 0.5) is 0 Å². The Morgan fingerprint density at radius 2 is 2.06 bits per heavy atom. The van der Waals surface area contributed by atoms with Gasteiger partial charge in [-0.1, -0.05) is 24.3 Å². The lowest BCUT2D eigenvalue weighted by Crippen LogP contribution is -2.23. The summed E-state index contributed by atoms with van der Waals surface area (Å²) in [6, 6.07) is 10.3. The highest BCUT2D eigenvalue weighted by molar-refractivity contribution is 7.10. The first-order valence-electron chi connectivity index (χ1n) is 5.57. The van der Waals surface area contributed by atoms with Gasteiger partial charge in [0.05, 0.1) is 0 Å². The van der Waals surface area contributed by atoms with E-state index in [1.165, 1.54) is 11.1 Å². The molecular weight excluding hydrogens is 216 g/mol. The van der Waals surface area contributed by atoms with Crippen molar-refractivity contribution in [1.29, 1.82) is 0 Å². The Balaban J connectivity index is 2.19. The Bertz CT molecular complexity index is 529. The lowest BCUT2D eigenvalue weighted by molar-refractivity contribution is 0.0862. The van der Waals surface area contributed by atoms with E-state index in [0.717, 1.165) is 23.3 Å². The van der Waals surface area contributed by atoms with E-state index in [2.05, 4.69) is 30.5 Å². The third kappa shape index (κ3) is 1.27. The summed E-state index contributed by atoms with van der Waals surface area (Å²) in [7, 11) is 0. The van der Waals surface area contributed by atoms with Gasteiger partial charge in [-0.25, -0.2) is 0 Å². The van der Waals surface area contributed by atoms with Crippen molar-refractivity contribution in [3.63, 3.8) is 0 Å².